The van der Waals surface area contributed by atoms with Gasteiger partial charge in [0.1, 0.15) is 5.69 Å². The Kier molecular flexibility index (Phi) is 3.47. The quantitative estimate of drug-likeness (QED) is 0.679. The fourth-order valence-corrected chi connectivity index (χ4v) is 2.62. The molecule has 0 spiro atoms. The standard InChI is InChI=1S/C12H8BrClF3N/c1-18-10(7-2-4-8(14)5-3-7)6-9(13)11(18)12(15,16)17/h2-6H,1H3. The third-order valence-electron chi connectivity index (χ3n) is 2.59. The summed E-state index contributed by atoms with van der Waals surface area (Å²) in [6, 6.07) is 8.11. The molecule has 2 aromatic rings. The first kappa shape index (κ1) is 13.5. The largest absolute Gasteiger partial charge is 0.432 e. The van der Waals surface area contributed by atoms with Crippen LogP contribution in [0, 0.1) is 0 Å². The maximum Gasteiger partial charge on any atom is 0.432 e. The van der Waals surface area contributed by atoms with Crippen LogP contribution in [0.5, 0.6) is 0 Å². The first-order chi connectivity index (χ1) is 8.30. The molecule has 18 heavy (non-hydrogen) atoms. The van der Waals surface area contributed by atoms with Crippen LogP contribution in [-0.2, 0) is 13.2 Å². The van der Waals surface area contributed by atoms with Crippen molar-refractivity contribution in [3.05, 3.63) is 45.5 Å². The second-order valence-corrected chi connectivity index (χ2v) is 5.08. The van der Waals surface area contributed by atoms with Crippen molar-refractivity contribution in [3.63, 3.8) is 0 Å². The van der Waals surface area contributed by atoms with Crippen molar-refractivity contribution >= 4 is 27.5 Å². The summed E-state index contributed by atoms with van der Waals surface area (Å²) in [7, 11) is 1.39. The SMILES string of the molecule is Cn1c(-c2ccc(Cl)cc2)cc(Br)c1C(F)(F)F. The average Bonchev–Trinajstić information content (AvgIpc) is 2.54. The number of aromatic nitrogens is 1. The van der Waals surface area contributed by atoms with E-state index in [0.717, 1.165) is 4.57 Å². The summed E-state index contributed by atoms with van der Waals surface area (Å²) in [5.74, 6) is 0. The van der Waals surface area contributed by atoms with Crippen LogP contribution >= 0.6 is 27.5 Å². The predicted molar refractivity (Wildman–Crippen MR) is 68.6 cm³/mol. The molecule has 6 heteroatoms. The van der Waals surface area contributed by atoms with Crippen molar-refractivity contribution in [2.24, 2.45) is 7.05 Å². The molecule has 1 heterocycles. The number of rotatable bonds is 1. The van der Waals surface area contributed by atoms with E-state index in [2.05, 4.69) is 15.9 Å². The van der Waals surface area contributed by atoms with E-state index in [1.165, 1.54) is 13.1 Å². The van der Waals surface area contributed by atoms with Crippen molar-refractivity contribution in [1.82, 2.24) is 4.57 Å². The Morgan fingerprint density at radius 1 is 1.17 bits per heavy atom. The normalized spacial score (nSPS) is 11.9. The molecule has 0 saturated carbocycles. The van der Waals surface area contributed by atoms with E-state index in [0.29, 0.717) is 16.3 Å². The number of halogens is 5. The Hall–Kier alpha value is -0.940. The van der Waals surface area contributed by atoms with Gasteiger partial charge in [-0.15, -0.1) is 0 Å². The first-order valence-electron chi connectivity index (χ1n) is 4.99. The molecule has 0 aliphatic rings. The van der Waals surface area contributed by atoms with Gasteiger partial charge in [-0.25, -0.2) is 0 Å². The van der Waals surface area contributed by atoms with Gasteiger partial charge in [-0.1, -0.05) is 23.7 Å². The molecule has 0 fully saturated rings. The second-order valence-electron chi connectivity index (χ2n) is 3.79. The number of alkyl halides is 3. The minimum Gasteiger partial charge on any atom is -0.339 e. The number of benzene rings is 1. The van der Waals surface area contributed by atoms with Crippen molar-refractivity contribution in [2.75, 3.05) is 0 Å². The molecule has 96 valence electrons. The maximum atomic E-state index is 12.8. The lowest BCUT2D eigenvalue weighted by Gasteiger charge is -2.11. The minimum absolute atomic E-state index is 0.0300. The lowest BCUT2D eigenvalue weighted by atomic mass is 10.1. The molecule has 0 radical (unpaired) electrons. The van der Waals surface area contributed by atoms with Gasteiger partial charge in [-0.2, -0.15) is 13.2 Å². The Labute approximate surface area is 115 Å². The molecular weight excluding hydrogens is 330 g/mol. The molecule has 0 amide bonds. The molecule has 0 saturated heterocycles. The zero-order valence-corrected chi connectivity index (χ0v) is 11.6. The Morgan fingerprint density at radius 2 is 1.72 bits per heavy atom. The van der Waals surface area contributed by atoms with E-state index in [-0.39, 0.29) is 4.47 Å². The van der Waals surface area contributed by atoms with E-state index < -0.39 is 11.9 Å². The van der Waals surface area contributed by atoms with Gasteiger partial charge in [-0.3, -0.25) is 0 Å². The molecule has 0 aliphatic carbocycles. The zero-order valence-electron chi connectivity index (χ0n) is 9.22. The Bertz CT molecular complexity index is 572. The monoisotopic (exact) mass is 337 g/mol. The number of hydrogen-bond donors (Lipinski definition) is 0. The molecule has 1 nitrogen and oxygen atoms in total. The minimum atomic E-state index is -4.39. The van der Waals surface area contributed by atoms with Crippen molar-refractivity contribution < 1.29 is 13.2 Å². The molecule has 1 aromatic heterocycles. The highest BCUT2D eigenvalue weighted by Gasteiger charge is 2.37. The second kappa shape index (κ2) is 4.63. The van der Waals surface area contributed by atoms with Gasteiger partial charge < -0.3 is 4.57 Å². The van der Waals surface area contributed by atoms with Gasteiger partial charge in [0.05, 0.1) is 0 Å². The molecule has 0 unspecified atom stereocenters. The predicted octanol–water partition coefficient (Wildman–Crippen LogP) is 5.13. The molecule has 2 rings (SSSR count). The van der Waals surface area contributed by atoms with Gasteiger partial charge in [-0.05, 0) is 39.7 Å². The molecule has 0 atom stereocenters. The topological polar surface area (TPSA) is 4.93 Å². The van der Waals surface area contributed by atoms with E-state index in [4.69, 9.17) is 11.6 Å². The van der Waals surface area contributed by atoms with Crippen LogP contribution in [0.1, 0.15) is 5.69 Å². The van der Waals surface area contributed by atoms with Crippen LogP contribution < -0.4 is 0 Å². The molecular formula is C12H8BrClF3N. The average molecular weight is 339 g/mol. The van der Waals surface area contributed by atoms with Crippen LogP contribution in [0.25, 0.3) is 11.3 Å². The lowest BCUT2D eigenvalue weighted by molar-refractivity contribution is -0.143. The van der Waals surface area contributed by atoms with Crippen LogP contribution in [-0.4, -0.2) is 4.57 Å². The van der Waals surface area contributed by atoms with Gasteiger partial charge in [0.2, 0.25) is 0 Å². The summed E-state index contributed by atoms with van der Waals surface area (Å²) in [6.07, 6.45) is -4.39. The fraction of sp³-hybridized carbons (Fsp3) is 0.167. The van der Waals surface area contributed by atoms with Crippen molar-refractivity contribution in [1.29, 1.82) is 0 Å². The summed E-state index contributed by atoms with van der Waals surface area (Å²) in [5.41, 5.74) is 0.455. The fourth-order valence-electron chi connectivity index (χ4n) is 1.79. The Morgan fingerprint density at radius 3 is 2.17 bits per heavy atom. The van der Waals surface area contributed by atoms with E-state index >= 15 is 0 Å². The molecule has 0 bridgehead atoms. The van der Waals surface area contributed by atoms with Gasteiger partial charge in [0, 0.05) is 22.2 Å². The summed E-state index contributed by atoms with van der Waals surface area (Å²) in [6.45, 7) is 0. The third-order valence-corrected chi connectivity index (χ3v) is 3.45. The highest BCUT2D eigenvalue weighted by Crippen LogP contribution is 2.39. The van der Waals surface area contributed by atoms with Crippen LogP contribution in [0.2, 0.25) is 5.02 Å². The first-order valence-corrected chi connectivity index (χ1v) is 6.16. The molecule has 0 N–H and O–H groups in total. The van der Waals surface area contributed by atoms with Gasteiger partial charge in [0.15, 0.2) is 0 Å². The lowest BCUT2D eigenvalue weighted by Crippen LogP contribution is -2.12. The van der Waals surface area contributed by atoms with Crippen molar-refractivity contribution in [2.45, 2.75) is 6.18 Å². The highest BCUT2D eigenvalue weighted by atomic mass is 79.9. The van der Waals surface area contributed by atoms with Crippen molar-refractivity contribution in [3.8, 4) is 11.3 Å². The van der Waals surface area contributed by atoms with E-state index in [1.807, 2.05) is 0 Å². The third kappa shape index (κ3) is 2.42. The number of nitrogens with zero attached hydrogens (tertiary/aromatic N) is 1. The molecule has 0 aliphatic heterocycles. The van der Waals surface area contributed by atoms with Gasteiger partial charge >= 0.3 is 6.18 Å². The number of hydrogen-bond acceptors (Lipinski definition) is 0. The van der Waals surface area contributed by atoms with Gasteiger partial charge in [0.25, 0.3) is 0 Å². The smallest absolute Gasteiger partial charge is 0.339 e. The summed E-state index contributed by atoms with van der Waals surface area (Å²) in [5, 5.41) is 0.545. The van der Waals surface area contributed by atoms with Crippen LogP contribution in [0.15, 0.2) is 34.8 Å². The summed E-state index contributed by atoms with van der Waals surface area (Å²) >= 11 is 8.70. The van der Waals surface area contributed by atoms with Crippen LogP contribution in [0.4, 0.5) is 13.2 Å². The molecule has 1 aromatic carbocycles. The summed E-state index contributed by atoms with van der Waals surface area (Å²) in [4.78, 5) is 0. The van der Waals surface area contributed by atoms with Crippen LogP contribution in [0.3, 0.4) is 0 Å². The van der Waals surface area contributed by atoms with E-state index in [9.17, 15) is 13.2 Å². The Balaban J connectivity index is 2.57. The summed E-state index contributed by atoms with van der Waals surface area (Å²) < 4.78 is 39.6. The van der Waals surface area contributed by atoms with E-state index in [1.54, 1.807) is 24.3 Å². The maximum absolute atomic E-state index is 12.8. The highest BCUT2D eigenvalue weighted by molar-refractivity contribution is 9.10. The zero-order chi connectivity index (χ0) is 13.5.